The van der Waals surface area contributed by atoms with Crippen molar-refractivity contribution in [2.75, 3.05) is 39.8 Å². The lowest BCUT2D eigenvalue weighted by atomic mass is 10.1. The highest BCUT2D eigenvalue weighted by atomic mass is 19.4. The fourth-order valence-corrected chi connectivity index (χ4v) is 3.49. The lowest BCUT2D eigenvalue weighted by Gasteiger charge is -2.32. The predicted octanol–water partition coefficient (Wildman–Crippen LogP) is 3.21. The first-order valence-electron chi connectivity index (χ1n) is 10.4. The maximum atomic E-state index is 12.6. The molecule has 0 aliphatic carbocycles. The van der Waals surface area contributed by atoms with Gasteiger partial charge in [-0.25, -0.2) is 0 Å². The molecule has 1 aliphatic heterocycles. The van der Waals surface area contributed by atoms with Crippen LogP contribution in [0.5, 0.6) is 5.75 Å². The van der Waals surface area contributed by atoms with Crippen LogP contribution >= 0.6 is 0 Å². The van der Waals surface area contributed by atoms with Gasteiger partial charge < -0.3 is 15.0 Å². The van der Waals surface area contributed by atoms with Gasteiger partial charge in [0.05, 0.1) is 4.92 Å². The van der Waals surface area contributed by atoms with Crippen LogP contribution in [-0.4, -0.2) is 66.6 Å². The topological polar surface area (TPSA) is 88.0 Å². The number of hydrogen-bond donors (Lipinski definition) is 1. The van der Waals surface area contributed by atoms with E-state index in [0.29, 0.717) is 0 Å². The van der Waals surface area contributed by atoms with Crippen LogP contribution in [0.1, 0.15) is 21.5 Å². The second kappa shape index (κ2) is 10.6. The van der Waals surface area contributed by atoms with Gasteiger partial charge in [0.15, 0.2) is 6.61 Å². The molecule has 0 bridgehead atoms. The summed E-state index contributed by atoms with van der Waals surface area (Å²) in [4.78, 5) is 27.7. The number of halogens is 3. The summed E-state index contributed by atoms with van der Waals surface area (Å²) in [6, 6.07) is 10.6. The van der Waals surface area contributed by atoms with E-state index < -0.39 is 29.3 Å². The number of carbonyl (C=O) groups is 1. The molecule has 0 unspecified atom stereocenters. The zero-order valence-corrected chi connectivity index (χ0v) is 18.1. The molecule has 11 heteroatoms. The number of nitrogens with zero attached hydrogens (tertiary/aromatic N) is 3. The number of alkyl halides is 3. The van der Waals surface area contributed by atoms with Crippen LogP contribution in [0.4, 0.5) is 18.9 Å². The van der Waals surface area contributed by atoms with Crippen molar-refractivity contribution in [2.24, 2.45) is 0 Å². The van der Waals surface area contributed by atoms with E-state index in [1.165, 1.54) is 0 Å². The van der Waals surface area contributed by atoms with E-state index in [4.69, 9.17) is 0 Å². The fourth-order valence-electron chi connectivity index (χ4n) is 3.49. The molecule has 1 fully saturated rings. The van der Waals surface area contributed by atoms with Gasteiger partial charge in [-0.1, -0.05) is 24.3 Å². The van der Waals surface area contributed by atoms with E-state index in [2.05, 4.69) is 26.9 Å². The monoisotopic (exact) mass is 466 g/mol. The van der Waals surface area contributed by atoms with Gasteiger partial charge in [-0.2, -0.15) is 13.2 Å². The number of ether oxygens (including phenoxy) is 1. The Balaban J connectivity index is 1.65. The number of hydrogen-bond acceptors (Lipinski definition) is 6. The lowest BCUT2D eigenvalue weighted by Crippen LogP contribution is -2.43. The van der Waals surface area contributed by atoms with Gasteiger partial charge in [0, 0.05) is 45.3 Å². The summed E-state index contributed by atoms with van der Waals surface area (Å²) in [6.07, 6.45) is -4.57. The minimum absolute atomic E-state index is 0.111. The highest BCUT2D eigenvalue weighted by molar-refractivity contribution is 5.98. The second-order valence-electron chi connectivity index (χ2n) is 7.92. The molecule has 2 aromatic carbocycles. The smallest absolute Gasteiger partial charge is 0.422 e. The third-order valence-corrected chi connectivity index (χ3v) is 5.26. The Morgan fingerprint density at radius 1 is 1.12 bits per heavy atom. The Bertz CT molecular complexity index is 992. The molecule has 1 N–H and O–H groups in total. The summed E-state index contributed by atoms with van der Waals surface area (Å²) in [5, 5.41) is 13.9. The summed E-state index contributed by atoms with van der Waals surface area (Å²) in [5.41, 5.74) is 1.01. The van der Waals surface area contributed by atoms with E-state index in [0.717, 1.165) is 62.0 Å². The standard InChI is InChI=1S/C22H25F3N4O4/c1-27-7-9-28(10-8-27)14-17-4-2-3-16(11-17)13-26-21(30)19-12-18(33-15-22(23,24)25)5-6-20(19)29(31)32/h2-6,11-12H,7-10,13-15H2,1H3,(H,26,30). The third-order valence-electron chi connectivity index (χ3n) is 5.26. The van der Waals surface area contributed by atoms with Gasteiger partial charge in [0.25, 0.3) is 11.6 Å². The lowest BCUT2D eigenvalue weighted by molar-refractivity contribution is -0.385. The average molecular weight is 466 g/mol. The summed E-state index contributed by atoms with van der Waals surface area (Å²) < 4.78 is 41.8. The molecular weight excluding hydrogens is 441 g/mol. The summed E-state index contributed by atoms with van der Waals surface area (Å²) >= 11 is 0. The minimum Gasteiger partial charge on any atom is -0.484 e. The molecule has 0 aromatic heterocycles. The van der Waals surface area contributed by atoms with Crippen molar-refractivity contribution in [3.8, 4) is 5.75 Å². The predicted molar refractivity (Wildman–Crippen MR) is 115 cm³/mol. The van der Waals surface area contributed by atoms with Gasteiger partial charge in [0.1, 0.15) is 11.3 Å². The number of nitro benzene ring substituents is 1. The Kier molecular flexibility index (Phi) is 7.88. The van der Waals surface area contributed by atoms with Crippen LogP contribution in [-0.2, 0) is 13.1 Å². The number of amides is 1. The molecule has 1 aliphatic rings. The largest absolute Gasteiger partial charge is 0.484 e. The Labute approximate surface area is 189 Å². The third kappa shape index (κ3) is 7.43. The number of likely N-dealkylation sites (N-methyl/N-ethyl adjacent to an activating group) is 1. The molecule has 3 rings (SSSR count). The van der Waals surface area contributed by atoms with E-state index in [1.54, 1.807) is 0 Å². The number of piperazine rings is 1. The first kappa shape index (κ1) is 24.5. The van der Waals surface area contributed by atoms with Crippen molar-refractivity contribution >= 4 is 11.6 Å². The first-order valence-corrected chi connectivity index (χ1v) is 10.4. The van der Waals surface area contributed by atoms with E-state index in [-0.39, 0.29) is 17.9 Å². The molecule has 1 amide bonds. The quantitative estimate of drug-likeness (QED) is 0.475. The van der Waals surface area contributed by atoms with E-state index >= 15 is 0 Å². The molecule has 0 spiro atoms. The van der Waals surface area contributed by atoms with Crippen molar-refractivity contribution < 1.29 is 27.6 Å². The van der Waals surface area contributed by atoms with Crippen molar-refractivity contribution in [1.29, 1.82) is 0 Å². The number of carbonyl (C=O) groups excluding carboxylic acids is 1. The molecular formula is C22H25F3N4O4. The molecule has 0 atom stereocenters. The van der Waals surface area contributed by atoms with Crippen molar-refractivity contribution in [3.63, 3.8) is 0 Å². The maximum absolute atomic E-state index is 12.6. The van der Waals surface area contributed by atoms with Gasteiger partial charge >= 0.3 is 6.18 Å². The van der Waals surface area contributed by atoms with Gasteiger partial charge in [-0.05, 0) is 30.3 Å². The van der Waals surface area contributed by atoms with E-state index in [1.807, 2.05) is 24.3 Å². The number of nitrogens with one attached hydrogen (secondary N) is 1. The van der Waals surface area contributed by atoms with Crippen LogP contribution in [0.2, 0.25) is 0 Å². The van der Waals surface area contributed by atoms with Gasteiger partial charge in [-0.3, -0.25) is 19.8 Å². The van der Waals surface area contributed by atoms with E-state index in [9.17, 15) is 28.1 Å². The molecule has 33 heavy (non-hydrogen) atoms. The Hall–Kier alpha value is -3.18. The zero-order valence-electron chi connectivity index (χ0n) is 18.1. The average Bonchev–Trinajstić information content (AvgIpc) is 2.77. The van der Waals surface area contributed by atoms with Crippen LogP contribution in [0.25, 0.3) is 0 Å². The molecule has 0 radical (unpaired) electrons. The summed E-state index contributed by atoms with van der Waals surface area (Å²) in [7, 11) is 2.09. The summed E-state index contributed by atoms with van der Waals surface area (Å²) in [5.74, 6) is -1.05. The molecule has 1 saturated heterocycles. The first-order chi connectivity index (χ1) is 15.6. The molecule has 2 aromatic rings. The van der Waals surface area contributed by atoms with Crippen molar-refractivity contribution in [1.82, 2.24) is 15.1 Å². The Morgan fingerprint density at radius 3 is 2.48 bits per heavy atom. The fraction of sp³-hybridized carbons (Fsp3) is 0.409. The van der Waals surface area contributed by atoms with Crippen molar-refractivity contribution in [3.05, 3.63) is 69.3 Å². The number of benzene rings is 2. The summed E-state index contributed by atoms with van der Waals surface area (Å²) in [6.45, 7) is 3.26. The molecule has 1 heterocycles. The number of nitro groups is 1. The molecule has 0 saturated carbocycles. The second-order valence-corrected chi connectivity index (χ2v) is 7.92. The highest BCUT2D eigenvalue weighted by Crippen LogP contribution is 2.26. The normalized spacial score (nSPS) is 15.3. The van der Waals surface area contributed by atoms with Crippen molar-refractivity contribution in [2.45, 2.75) is 19.3 Å². The van der Waals surface area contributed by atoms with Crippen LogP contribution < -0.4 is 10.1 Å². The SMILES string of the molecule is CN1CCN(Cc2cccc(CNC(=O)c3cc(OCC(F)(F)F)ccc3[N+](=O)[O-])c2)CC1. The molecule has 8 nitrogen and oxygen atoms in total. The maximum Gasteiger partial charge on any atom is 0.422 e. The van der Waals surface area contributed by atoms with Gasteiger partial charge in [0.2, 0.25) is 0 Å². The van der Waals surface area contributed by atoms with Crippen LogP contribution in [0.3, 0.4) is 0 Å². The van der Waals surface area contributed by atoms with Gasteiger partial charge in [-0.15, -0.1) is 0 Å². The zero-order chi connectivity index (χ0) is 24.0. The highest BCUT2D eigenvalue weighted by Gasteiger charge is 2.29. The number of rotatable bonds is 8. The van der Waals surface area contributed by atoms with Crippen LogP contribution in [0.15, 0.2) is 42.5 Å². The molecule has 178 valence electrons. The minimum atomic E-state index is -4.57. The Morgan fingerprint density at radius 2 is 1.82 bits per heavy atom. The van der Waals surface area contributed by atoms with Crippen LogP contribution in [0, 0.1) is 10.1 Å².